The molecule has 2 aromatic rings. The lowest BCUT2D eigenvalue weighted by Crippen LogP contribution is -2.41. The van der Waals surface area contributed by atoms with Crippen LogP contribution < -0.4 is 5.32 Å². The second kappa shape index (κ2) is 8.19. The molecule has 0 spiro atoms. The lowest BCUT2D eigenvalue weighted by molar-refractivity contribution is -0.121. The number of benzene rings is 2. The van der Waals surface area contributed by atoms with Gasteiger partial charge in [-0.3, -0.25) is 9.59 Å². The quantitative estimate of drug-likeness (QED) is 0.872. The monoisotopic (exact) mass is 385 g/mol. The van der Waals surface area contributed by atoms with Gasteiger partial charge in [-0.1, -0.05) is 11.6 Å². The summed E-state index contributed by atoms with van der Waals surface area (Å²) in [6.45, 7) is 0.921. The van der Waals surface area contributed by atoms with Crippen molar-refractivity contribution in [2.45, 2.75) is 12.8 Å². The van der Waals surface area contributed by atoms with Gasteiger partial charge in [-0.15, -0.1) is 0 Å². The Morgan fingerprint density at radius 2 is 1.81 bits per heavy atom. The van der Waals surface area contributed by atoms with Gasteiger partial charge in [0.05, 0.1) is 10.6 Å². The Bertz CT molecular complexity index is 900. The van der Waals surface area contributed by atoms with Crippen molar-refractivity contribution in [1.29, 1.82) is 5.26 Å². The fraction of sp³-hybridized carbons (Fsp3) is 0.250. The van der Waals surface area contributed by atoms with Gasteiger partial charge in [0.15, 0.2) is 0 Å². The van der Waals surface area contributed by atoms with Crippen LogP contribution in [-0.4, -0.2) is 29.8 Å². The van der Waals surface area contributed by atoms with E-state index in [2.05, 4.69) is 5.32 Å². The number of halogens is 2. The number of hydrogen-bond donors (Lipinski definition) is 1. The third-order valence-corrected chi connectivity index (χ3v) is 4.91. The molecule has 3 rings (SSSR count). The summed E-state index contributed by atoms with van der Waals surface area (Å²) in [5.41, 5.74) is 1.32. The topological polar surface area (TPSA) is 73.2 Å². The maximum absolute atomic E-state index is 13.0. The Kier molecular flexibility index (Phi) is 5.72. The zero-order chi connectivity index (χ0) is 19.4. The van der Waals surface area contributed by atoms with Gasteiger partial charge in [0.25, 0.3) is 5.91 Å². The lowest BCUT2D eigenvalue weighted by atomic mass is 9.95. The molecule has 27 heavy (non-hydrogen) atoms. The molecule has 138 valence electrons. The van der Waals surface area contributed by atoms with E-state index in [1.54, 1.807) is 23.1 Å². The van der Waals surface area contributed by atoms with Gasteiger partial charge >= 0.3 is 0 Å². The number of nitrogens with zero attached hydrogens (tertiary/aromatic N) is 2. The number of nitrogens with one attached hydrogen (secondary N) is 1. The minimum absolute atomic E-state index is 0.135. The molecule has 1 N–H and O–H groups in total. The Hall–Kier alpha value is -2.91. The van der Waals surface area contributed by atoms with Gasteiger partial charge in [-0.25, -0.2) is 4.39 Å². The summed E-state index contributed by atoms with van der Waals surface area (Å²) in [5.74, 6) is -0.890. The number of carbonyl (C=O) groups excluding carboxylic acids is 2. The van der Waals surface area contributed by atoms with Crippen molar-refractivity contribution in [2.75, 3.05) is 18.4 Å². The number of likely N-dealkylation sites (tertiary alicyclic amines) is 1. The van der Waals surface area contributed by atoms with E-state index in [1.165, 1.54) is 24.3 Å². The third kappa shape index (κ3) is 4.44. The van der Waals surface area contributed by atoms with E-state index in [1.807, 2.05) is 6.07 Å². The first kappa shape index (κ1) is 18.9. The fourth-order valence-electron chi connectivity index (χ4n) is 3.05. The van der Waals surface area contributed by atoms with E-state index in [9.17, 15) is 14.0 Å². The molecule has 0 unspecified atom stereocenters. The molecule has 5 nitrogen and oxygen atoms in total. The number of anilines is 1. The number of carbonyl (C=O) groups is 2. The molecule has 1 fully saturated rings. The molecular formula is C20H17ClFN3O2. The van der Waals surface area contributed by atoms with Crippen molar-refractivity contribution in [3.8, 4) is 6.07 Å². The zero-order valence-electron chi connectivity index (χ0n) is 14.4. The standard InChI is InChI=1S/C20H17ClFN3O2/c21-18-11-17(6-3-15(18)12-23)24-19(26)13-7-9-25(10-8-13)20(27)14-1-4-16(22)5-2-14/h1-6,11,13H,7-10H2,(H,24,26). The first-order chi connectivity index (χ1) is 13.0. The Labute approximate surface area is 161 Å². The normalized spacial score (nSPS) is 14.5. The Balaban J connectivity index is 1.56. The Morgan fingerprint density at radius 3 is 2.41 bits per heavy atom. The van der Waals surface area contributed by atoms with E-state index in [0.717, 1.165) is 0 Å². The number of amides is 2. The summed E-state index contributed by atoms with van der Waals surface area (Å²) in [6, 6.07) is 12.2. The number of piperidine rings is 1. The van der Waals surface area contributed by atoms with Crippen LogP contribution in [0.3, 0.4) is 0 Å². The summed E-state index contributed by atoms with van der Waals surface area (Å²) in [4.78, 5) is 26.6. The third-order valence-electron chi connectivity index (χ3n) is 4.60. The molecule has 2 amide bonds. The summed E-state index contributed by atoms with van der Waals surface area (Å²) >= 11 is 5.98. The number of nitriles is 1. The van der Waals surface area contributed by atoms with Crippen LogP contribution in [0.5, 0.6) is 0 Å². The average molecular weight is 386 g/mol. The number of rotatable bonds is 3. The van der Waals surface area contributed by atoms with E-state index < -0.39 is 0 Å². The van der Waals surface area contributed by atoms with Crippen LogP contribution in [0.1, 0.15) is 28.8 Å². The summed E-state index contributed by atoms with van der Waals surface area (Å²) in [5, 5.41) is 12.0. The highest BCUT2D eigenvalue weighted by molar-refractivity contribution is 6.32. The van der Waals surface area contributed by atoms with Crippen molar-refractivity contribution in [3.63, 3.8) is 0 Å². The van der Waals surface area contributed by atoms with Gasteiger partial charge in [0.1, 0.15) is 11.9 Å². The van der Waals surface area contributed by atoms with Gasteiger partial charge in [0.2, 0.25) is 5.91 Å². The molecule has 0 aromatic heterocycles. The minimum Gasteiger partial charge on any atom is -0.339 e. The van der Waals surface area contributed by atoms with Crippen molar-refractivity contribution in [3.05, 3.63) is 64.4 Å². The molecule has 0 aliphatic carbocycles. The van der Waals surface area contributed by atoms with Crippen LogP contribution in [0.25, 0.3) is 0 Å². The summed E-state index contributed by atoms with van der Waals surface area (Å²) < 4.78 is 13.0. The van der Waals surface area contributed by atoms with Crippen LogP contribution in [0.2, 0.25) is 5.02 Å². The molecule has 1 aliphatic heterocycles. The minimum atomic E-state index is -0.384. The molecule has 0 bridgehead atoms. The maximum Gasteiger partial charge on any atom is 0.253 e. The van der Waals surface area contributed by atoms with Crippen molar-refractivity contribution in [2.24, 2.45) is 5.92 Å². The highest BCUT2D eigenvalue weighted by atomic mass is 35.5. The first-order valence-corrected chi connectivity index (χ1v) is 8.91. The Morgan fingerprint density at radius 1 is 1.15 bits per heavy atom. The summed E-state index contributed by atoms with van der Waals surface area (Å²) in [6.07, 6.45) is 1.09. The highest BCUT2D eigenvalue weighted by Crippen LogP contribution is 2.24. The molecule has 1 saturated heterocycles. The van der Waals surface area contributed by atoms with Gasteiger partial charge in [-0.05, 0) is 55.3 Å². The predicted molar refractivity (Wildman–Crippen MR) is 99.8 cm³/mol. The van der Waals surface area contributed by atoms with Crippen molar-refractivity contribution < 1.29 is 14.0 Å². The zero-order valence-corrected chi connectivity index (χ0v) is 15.2. The lowest BCUT2D eigenvalue weighted by Gasteiger charge is -2.31. The molecule has 2 aromatic carbocycles. The highest BCUT2D eigenvalue weighted by Gasteiger charge is 2.28. The van der Waals surface area contributed by atoms with Crippen LogP contribution >= 0.6 is 11.6 Å². The molecular weight excluding hydrogens is 369 g/mol. The largest absolute Gasteiger partial charge is 0.339 e. The van der Waals surface area contributed by atoms with Crippen LogP contribution in [0.4, 0.5) is 10.1 Å². The second-order valence-corrected chi connectivity index (χ2v) is 6.78. The fourth-order valence-corrected chi connectivity index (χ4v) is 3.27. The van der Waals surface area contributed by atoms with Crippen LogP contribution in [0, 0.1) is 23.1 Å². The molecule has 0 radical (unpaired) electrons. The van der Waals surface area contributed by atoms with Crippen molar-refractivity contribution >= 4 is 29.1 Å². The molecule has 1 heterocycles. The van der Waals surface area contributed by atoms with Gasteiger partial charge in [-0.2, -0.15) is 5.26 Å². The molecule has 1 aliphatic rings. The van der Waals surface area contributed by atoms with E-state index in [-0.39, 0.29) is 28.6 Å². The summed E-state index contributed by atoms with van der Waals surface area (Å²) in [7, 11) is 0. The molecule has 0 saturated carbocycles. The molecule has 0 atom stereocenters. The molecule has 7 heteroatoms. The predicted octanol–water partition coefficient (Wildman–Crippen LogP) is 3.84. The smallest absolute Gasteiger partial charge is 0.253 e. The van der Waals surface area contributed by atoms with E-state index in [4.69, 9.17) is 16.9 Å². The average Bonchev–Trinajstić information content (AvgIpc) is 2.68. The number of hydrogen-bond acceptors (Lipinski definition) is 3. The van der Waals surface area contributed by atoms with Crippen LogP contribution in [-0.2, 0) is 4.79 Å². The van der Waals surface area contributed by atoms with Gasteiger partial charge < -0.3 is 10.2 Å². The van der Waals surface area contributed by atoms with Crippen molar-refractivity contribution in [1.82, 2.24) is 4.90 Å². The van der Waals surface area contributed by atoms with E-state index >= 15 is 0 Å². The van der Waals surface area contributed by atoms with E-state index in [0.29, 0.717) is 42.7 Å². The van der Waals surface area contributed by atoms with Gasteiger partial charge in [0, 0.05) is 30.3 Å². The maximum atomic E-state index is 13.0. The SMILES string of the molecule is N#Cc1ccc(NC(=O)C2CCN(C(=O)c3ccc(F)cc3)CC2)cc1Cl. The van der Waals surface area contributed by atoms with Crippen LogP contribution in [0.15, 0.2) is 42.5 Å². The first-order valence-electron chi connectivity index (χ1n) is 8.53. The second-order valence-electron chi connectivity index (χ2n) is 6.37.